The van der Waals surface area contributed by atoms with Crippen molar-refractivity contribution in [2.75, 3.05) is 13.1 Å². The Bertz CT molecular complexity index is 450. The molecule has 2 N–H and O–H groups in total. The predicted octanol–water partition coefficient (Wildman–Crippen LogP) is 2.86. The van der Waals surface area contributed by atoms with Gasteiger partial charge in [0.05, 0.1) is 5.41 Å². The molecule has 0 saturated carbocycles. The van der Waals surface area contributed by atoms with Crippen LogP contribution in [-0.4, -0.2) is 25.0 Å². The fourth-order valence-electron chi connectivity index (χ4n) is 3.30. The average molecular weight is 288 g/mol. The molecule has 0 bridgehead atoms. The summed E-state index contributed by atoms with van der Waals surface area (Å²) in [5.41, 5.74) is 0.789. The highest BCUT2D eigenvalue weighted by molar-refractivity contribution is 5.88. The second-order valence-corrected chi connectivity index (χ2v) is 6.43. The van der Waals surface area contributed by atoms with Crippen molar-refractivity contribution in [3.63, 3.8) is 0 Å². The highest BCUT2D eigenvalue weighted by Crippen LogP contribution is 2.34. The van der Waals surface area contributed by atoms with E-state index < -0.39 is 0 Å². The predicted molar refractivity (Wildman–Crippen MR) is 87.3 cm³/mol. The third-order valence-corrected chi connectivity index (χ3v) is 4.78. The summed E-state index contributed by atoms with van der Waals surface area (Å²) in [6.07, 6.45) is 2.72. The van der Waals surface area contributed by atoms with E-state index in [1.807, 2.05) is 18.2 Å². The van der Waals surface area contributed by atoms with E-state index in [1.165, 1.54) is 0 Å². The number of hydrogen-bond donors (Lipinski definition) is 2. The molecule has 1 aromatic rings. The Morgan fingerprint density at radius 3 is 2.38 bits per heavy atom. The molecule has 0 radical (unpaired) electrons. The molecule has 3 nitrogen and oxygen atoms in total. The summed E-state index contributed by atoms with van der Waals surface area (Å²) in [6, 6.07) is 10.5. The molecule has 3 heteroatoms. The maximum atomic E-state index is 13.1. The maximum Gasteiger partial charge on any atom is 0.230 e. The molecule has 1 aliphatic rings. The van der Waals surface area contributed by atoms with Gasteiger partial charge in [-0.15, -0.1) is 0 Å². The number of nitrogens with one attached hydrogen (secondary N) is 2. The largest absolute Gasteiger partial charge is 0.352 e. The van der Waals surface area contributed by atoms with Crippen LogP contribution in [0.3, 0.4) is 0 Å². The van der Waals surface area contributed by atoms with E-state index in [1.54, 1.807) is 0 Å². The van der Waals surface area contributed by atoms with E-state index in [2.05, 4.69) is 43.5 Å². The standard InChI is InChI=1S/C18H28N2O/c1-4-16(14(2)3)20-17(21)18(10-12-19-13-11-18)15-8-6-5-7-9-15/h5-9,14,16,19H,4,10-13H2,1-3H3,(H,20,21). The van der Waals surface area contributed by atoms with E-state index in [0.717, 1.165) is 37.9 Å². The number of amides is 1. The molecule has 1 aliphatic heterocycles. The maximum absolute atomic E-state index is 13.1. The van der Waals surface area contributed by atoms with E-state index in [0.29, 0.717) is 5.92 Å². The van der Waals surface area contributed by atoms with Crippen LogP contribution in [0.2, 0.25) is 0 Å². The SMILES string of the molecule is CCC(NC(=O)C1(c2ccccc2)CCNCC1)C(C)C. The van der Waals surface area contributed by atoms with Gasteiger partial charge >= 0.3 is 0 Å². The lowest BCUT2D eigenvalue weighted by Gasteiger charge is -2.38. The van der Waals surface area contributed by atoms with Crippen molar-refractivity contribution in [1.29, 1.82) is 0 Å². The Labute approximate surface area is 128 Å². The van der Waals surface area contributed by atoms with Gasteiger partial charge in [0, 0.05) is 6.04 Å². The first-order valence-corrected chi connectivity index (χ1v) is 8.17. The molecule has 1 heterocycles. The molecule has 1 saturated heterocycles. The molecule has 1 amide bonds. The third-order valence-electron chi connectivity index (χ3n) is 4.78. The minimum Gasteiger partial charge on any atom is -0.352 e. The second kappa shape index (κ2) is 7.08. The first-order chi connectivity index (χ1) is 10.1. The Morgan fingerprint density at radius 1 is 1.24 bits per heavy atom. The van der Waals surface area contributed by atoms with Gasteiger partial charge in [-0.2, -0.15) is 0 Å². The fraction of sp³-hybridized carbons (Fsp3) is 0.611. The zero-order valence-electron chi connectivity index (χ0n) is 13.5. The van der Waals surface area contributed by atoms with Crippen LogP contribution in [0.4, 0.5) is 0 Å². The number of piperidine rings is 1. The molecule has 21 heavy (non-hydrogen) atoms. The Balaban J connectivity index is 2.26. The van der Waals surface area contributed by atoms with Gasteiger partial charge in [0.1, 0.15) is 0 Å². The molecular weight excluding hydrogens is 260 g/mol. The molecule has 116 valence electrons. The number of carbonyl (C=O) groups excluding carboxylic acids is 1. The van der Waals surface area contributed by atoms with Gasteiger partial charge in [0.2, 0.25) is 5.91 Å². The Morgan fingerprint density at radius 2 is 1.86 bits per heavy atom. The van der Waals surface area contributed by atoms with Gasteiger partial charge in [-0.1, -0.05) is 51.1 Å². The number of carbonyl (C=O) groups is 1. The first-order valence-electron chi connectivity index (χ1n) is 8.17. The van der Waals surface area contributed by atoms with Gasteiger partial charge in [0.25, 0.3) is 0 Å². The van der Waals surface area contributed by atoms with Gasteiger partial charge in [-0.3, -0.25) is 4.79 Å². The lowest BCUT2D eigenvalue weighted by atomic mass is 9.72. The van der Waals surface area contributed by atoms with E-state index in [4.69, 9.17) is 0 Å². The zero-order chi connectivity index (χ0) is 15.3. The summed E-state index contributed by atoms with van der Waals surface area (Å²) in [5, 5.41) is 6.68. The summed E-state index contributed by atoms with van der Waals surface area (Å²) in [6.45, 7) is 8.29. The van der Waals surface area contributed by atoms with Crippen LogP contribution >= 0.6 is 0 Å². The Hall–Kier alpha value is -1.35. The van der Waals surface area contributed by atoms with Gasteiger partial charge in [0.15, 0.2) is 0 Å². The minimum atomic E-state index is -0.366. The van der Waals surface area contributed by atoms with Crippen LogP contribution in [0, 0.1) is 5.92 Å². The topological polar surface area (TPSA) is 41.1 Å². The van der Waals surface area contributed by atoms with Crippen LogP contribution in [0.25, 0.3) is 0 Å². The van der Waals surface area contributed by atoms with E-state index in [9.17, 15) is 4.79 Å². The highest BCUT2D eigenvalue weighted by Gasteiger charge is 2.41. The van der Waals surface area contributed by atoms with Gasteiger partial charge in [-0.25, -0.2) is 0 Å². The van der Waals surface area contributed by atoms with Crippen LogP contribution < -0.4 is 10.6 Å². The summed E-state index contributed by atoms with van der Waals surface area (Å²) in [4.78, 5) is 13.1. The number of benzene rings is 1. The minimum absolute atomic E-state index is 0.204. The van der Waals surface area contributed by atoms with Crippen LogP contribution in [0.1, 0.15) is 45.6 Å². The molecule has 1 aromatic carbocycles. The second-order valence-electron chi connectivity index (χ2n) is 6.43. The monoisotopic (exact) mass is 288 g/mol. The van der Waals surface area contributed by atoms with Gasteiger partial charge < -0.3 is 10.6 Å². The highest BCUT2D eigenvalue weighted by atomic mass is 16.2. The zero-order valence-corrected chi connectivity index (χ0v) is 13.5. The summed E-state index contributed by atoms with van der Waals surface area (Å²) < 4.78 is 0. The molecule has 0 aromatic heterocycles. The average Bonchev–Trinajstić information content (AvgIpc) is 2.53. The molecule has 0 spiro atoms. The summed E-state index contributed by atoms with van der Waals surface area (Å²) >= 11 is 0. The molecule has 0 aliphatic carbocycles. The number of rotatable bonds is 5. The van der Waals surface area contributed by atoms with Crippen molar-refractivity contribution >= 4 is 5.91 Å². The quantitative estimate of drug-likeness (QED) is 0.875. The van der Waals surface area contributed by atoms with Crippen molar-refractivity contribution in [3.8, 4) is 0 Å². The Kier molecular flexibility index (Phi) is 5.40. The van der Waals surface area contributed by atoms with Crippen molar-refractivity contribution in [2.24, 2.45) is 5.92 Å². The third kappa shape index (κ3) is 3.46. The summed E-state index contributed by atoms with van der Waals surface area (Å²) in [5.74, 6) is 0.671. The molecular formula is C18H28N2O. The smallest absolute Gasteiger partial charge is 0.230 e. The lowest BCUT2D eigenvalue weighted by Crippen LogP contribution is -2.53. The van der Waals surface area contributed by atoms with Crippen molar-refractivity contribution in [3.05, 3.63) is 35.9 Å². The molecule has 1 fully saturated rings. The van der Waals surface area contributed by atoms with Crippen molar-refractivity contribution in [2.45, 2.75) is 51.5 Å². The first kappa shape index (κ1) is 16.0. The normalized spacial score (nSPS) is 19.2. The molecule has 2 rings (SSSR count). The van der Waals surface area contributed by atoms with Gasteiger partial charge in [-0.05, 0) is 43.8 Å². The van der Waals surface area contributed by atoms with Crippen LogP contribution in [-0.2, 0) is 10.2 Å². The van der Waals surface area contributed by atoms with Crippen LogP contribution in [0.5, 0.6) is 0 Å². The fourth-order valence-corrected chi connectivity index (χ4v) is 3.30. The summed E-state index contributed by atoms with van der Waals surface area (Å²) in [7, 11) is 0. The molecule has 1 unspecified atom stereocenters. The van der Waals surface area contributed by atoms with E-state index in [-0.39, 0.29) is 17.4 Å². The molecule has 1 atom stereocenters. The van der Waals surface area contributed by atoms with Crippen molar-refractivity contribution in [1.82, 2.24) is 10.6 Å². The van der Waals surface area contributed by atoms with Crippen LogP contribution in [0.15, 0.2) is 30.3 Å². The van der Waals surface area contributed by atoms with E-state index >= 15 is 0 Å². The lowest BCUT2D eigenvalue weighted by molar-refractivity contribution is -0.129. The van der Waals surface area contributed by atoms with Crippen molar-refractivity contribution < 1.29 is 4.79 Å². The number of hydrogen-bond acceptors (Lipinski definition) is 2.